The first-order chi connectivity index (χ1) is 13.7. The Kier molecular flexibility index (Phi) is 4.22. The molecule has 1 aliphatic heterocycles. The van der Waals surface area contributed by atoms with Gasteiger partial charge in [0.15, 0.2) is 5.65 Å². The van der Waals surface area contributed by atoms with Crippen LogP contribution < -0.4 is 5.69 Å². The number of nitrogens with one attached hydrogen (secondary N) is 1. The largest absolute Gasteiger partial charge is 0.395 e. The first-order valence-corrected chi connectivity index (χ1v) is 9.68. The van der Waals surface area contributed by atoms with Gasteiger partial charge >= 0.3 is 5.69 Å². The van der Waals surface area contributed by atoms with E-state index in [2.05, 4.69) is 39.4 Å². The summed E-state index contributed by atoms with van der Waals surface area (Å²) in [6, 6.07) is 18.7. The predicted molar refractivity (Wildman–Crippen MR) is 109 cm³/mol. The molecular formula is C22H22N4O2. The highest BCUT2D eigenvalue weighted by atomic mass is 16.3. The number of H-pyrrole nitrogens is 1. The number of aliphatic hydroxyl groups excluding tert-OH is 1. The number of benzene rings is 2. The number of hydrogen-bond acceptors (Lipinski definition) is 4. The normalized spacial score (nSPS) is 17.7. The van der Waals surface area contributed by atoms with Crippen LogP contribution in [0.15, 0.2) is 59.4 Å². The topological polar surface area (TPSA) is 73.6 Å². The van der Waals surface area contributed by atoms with Gasteiger partial charge in [0.1, 0.15) is 0 Å². The molecule has 28 heavy (non-hydrogen) atoms. The molecule has 0 radical (unpaired) electrons. The van der Waals surface area contributed by atoms with Crippen LogP contribution in [0.3, 0.4) is 0 Å². The standard InChI is InChI=1S/C22H22N4O2/c27-14-17-4-3-11-25(17)13-15-7-9-16(10-8-15)19-12-21-23-24-22(28)26(21)20-6-2-1-5-18(19)20/h1-2,5-10,12,17,27H,3-4,11,13-14H2,(H,24,28)/t17-/m0/s1. The number of aliphatic hydroxyl groups is 1. The number of para-hydroxylation sites is 1. The van der Waals surface area contributed by atoms with Crippen molar-refractivity contribution in [1.82, 2.24) is 19.5 Å². The molecular weight excluding hydrogens is 352 g/mol. The second-order valence-electron chi connectivity index (χ2n) is 7.44. The summed E-state index contributed by atoms with van der Waals surface area (Å²) in [6.45, 7) is 2.13. The summed E-state index contributed by atoms with van der Waals surface area (Å²) >= 11 is 0. The first kappa shape index (κ1) is 17.2. The van der Waals surface area contributed by atoms with Crippen molar-refractivity contribution in [2.24, 2.45) is 0 Å². The molecule has 5 rings (SSSR count). The van der Waals surface area contributed by atoms with E-state index < -0.39 is 0 Å². The first-order valence-electron chi connectivity index (χ1n) is 9.68. The smallest absolute Gasteiger partial charge is 0.348 e. The van der Waals surface area contributed by atoms with Crippen LogP contribution in [0.4, 0.5) is 0 Å². The summed E-state index contributed by atoms with van der Waals surface area (Å²) in [5.74, 6) is 0. The summed E-state index contributed by atoms with van der Waals surface area (Å²) in [4.78, 5) is 14.5. The molecule has 1 fully saturated rings. The van der Waals surface area contributed by atoms with E-state index in [1.165, 1.54) is 5.56 Å². The van der Waals surface area contributed by atoms with Crippen molar-refractivity contribution < 1.29 is 5.11 Å². The maximum Gasteiger partial charge on any atom is 0.348 e. The van der Waals surface area contributed by atoms with Gasteiger partial charge < -0.3 is 5.11 Å². The van der Waals surface area contributed by atoms with Crippen LogP contribution >= 0.6 is 0 Å². The average molecular weight is 374 g/mol. The molecule has 0 spiro atoms. The molecule has 1 saturated heterocycles. The number of likely N-dealkylation sites (tertiary alicyclic amines) is 1. The van der Waals surface area contributed by atoms with Gasteiger partial charge in [-0.2, -0.15) is 5.10 Å². The minimum Gasteiger partial charge on any atom is -0.395 e. The molecule has 0 bridgehead atoms. The summed E-state index contributed by atoms with van der Waals surface area (Å²) in [7, 11) is 0. The molecule has 4 aromatic rings. The summed E-state index contributed by atoms with van der Waals surface area (Å²) < 4.78 is 1.61. The van der Waals surface area contributed by atoms with Gasteiger partial charge in [0, 0.05) is 18.0 Å². The fraction of sp³-hybridized carbons (Fsp3) is 0.273. The average Bonchev–Trinajstić information content (AvgIpc) is 3.34. The van der Waals surface area contributed by atoms with E-state index in [9.17, 15) is 9.90 Å². The molecule has 2 aromatic carbocycles. The Morgan fingerprint density at radius 2 is 1.96 bits per heavy atom. The minimum atomic E-state index is -0.225. The minimum absolute atomic E-state index is 0.225. The zero-order valence-corrected chi connectivity index (χ0v) is 15.5. The van der Waals surface area contributed by atoms with Crippen molar-refractivity contribution >= 4 is 16.6 Å². The van der Waals surface area contributed by atoms with Gasteiger partial charge in [-0.3, -0.25) is 4.90 Å². The molecule has 6 nitrogen and oxygen atoms in total. The van der Waals surface area contributed by atoms with Crippen molar-refractivity contribution in [2.45, 2.75) is 25.4 Å². The van der Waals surface area contributed by atoms with Gasteiger partial charge in [0.2, 0.25) is 0 Å². The lowest BCUT2D eigenvalue weighted by Crippen LogP contribution is -2.31. The number of rotatable bonds is 4. The quantitative estimate of drug-likeness (QED) is 0.576. The highest BCUT2D eigenvalue weighted by molar-refractivity contribution is 5.97. The molecule has 142 valence electrons. The maximum absolute atomic E-state index is 12.1. The number of aromatic amines is 1. The van der Waals surface area contributed by atoms with E-state index in [4.69, 9.17) is 0 Å². The number of fused-ring (bicyclic) bond motifs is 3. The Labute approximate surface area is 162 Å². The Morgan fingerprint density at radius 3 is 2.79 bits per heavy atom. The van der Waals surface area contributed by atoms with Crippen molar-refractivity contribution in [3.8, 4) is 11.1 Å². The molecule has 1 aliphatic rings. The maximum atomic E-state index is 12.1. The second-order valence-corrected chi connectivity index (χ2v) is 7.44. The third-order valence-electron chi connectivity index (χ3n) is 5.77. The fourth-order valence-electron chi connectivity index (χ4n) is 4.32. The van der Waals surface area contributed by atoms with E-state index in [0.29, 0.717) is 5.65 Å². The second kappa shape index (κ2) is 6.89. The Morgan fingerprint density at radius 1 is 1.14 bits per heavy atom. The molecule has 0 saturated carbocycles. The van der Waals surface area contributed by atoms with Crippen LogP contribution in [-0.2, 0) is 6.54 Å². The summed E-state index contributed by atoms with van der Waals surface area (Å²) in [5, 5.41) is 17.2. The van der Waals surface area contributed by atoms with Crippen molar-refractivity contribution in [3.05, 3.63) is 70.6 Å². The molecule has 3 heterocycles. The van der Waals surface area contributed by atoms with E-state index in [1.807, 2.05) is 30.3 Å². The monoisotopic (exact) mass is 374 g/mol. The van der Waals surface area contributed by atoms with E-state index in [-0.39, 0.29) is 18.3 Å². The van der Waals surface area contributed by atoms with E-state index in [0.717, 1.165) is 48.0 Å². The Balaban J connectivity index is 1.54. The summed E-state index contributed by atoms with van der Waals surface area (Å²) in [5.41, 5.74) is 4.63. The number of pyridine rings is 1. The molecule has 0 unspecified atom stereocenters. The molecule has 2 N–H and O–H groups in total. The number of nitrogens with zero attached hydrogens (tertiary/aromatic N) is 3. The van der Waals surface area contributed by atoms with Crippen molar-refractivity contribution in [2.75, 3.05) is 13.2 Å². The third kappa shape index (κ3) is 2.82. The zero-order valence-electron chi connectivity index (χ0n) is 15.5. The van der Waals surface area contributed by atoms with Crippen molar-refractivity contribution in [3.63, 3.8) is 0 Å². The van der Waals surface area contributed by atoms with Gasteiger partial charge in [-0.15, -0.1) is 0 Å². The fourth-order valence-corrected chi connectivity index (χ4v) is 4.32. The van der Waals surface area contributed by atoms with Gasteiger partial charge in [-0.25, -0.2) is 14.3 Å². The van der Waals surface area contributed by atoms with Crippen LogP contribution in [-0.4, -0.2) is 43.8 Å². The van der Waals surface area contributed by atoms with Gasteiger partial charge in [-0.05, 0) is 48.2 Å². The summed E-state index contributed by atoms with van der Waals surface area (Å²) in [6.07, 6.45) is 2.22. The van der Waals surface area contributed by atoms with E-state index >= 15 is 0 Å². The Bertz CT molecular complexity index is 1190. The lowest BCUT2D eigenvalue weighted by molar-refractivity contribution is 0.153. The van der Waals surface area contributed by atoms with Crippen LogP contribution in [0.1, 0.15) is 18.4 Å². The molecule has 1 atom stereocenters. The van der Waals surface area contributed by atoms with Gasteiger partial charge in [0.25, 0.3) is 0 Å². The highest BCUT2D eigenvalue weighted by Crippen LogP contribution is 2.30. The third-order valence-corrected chi connectivity index (χ3v) is 5.77. The van der Waals surface area contributed by atoms with Crippen LogP contribution in [0.2, 0.25) is 0 Å². The molecule has 6 heteroatoms. The molecule has 0 amide bonds. The molecule has 2 aromatic heterocycles. The van der Waals surface area contributed by atoms with Crippen molar-refractivity contribution in [1.29, 1.82) is 0 Å². The van der Waals surface area contributed by atoms with Crippen LogP contribution in [0.25, 0.3) is 27.7 Å². The predicted octanol–water partition coefficient (Wildman–Crippen LogP) is 2.80. The van der Waals surface area contributed by atoms with Gasteiger partial charge in [-0.1, -0.05) is 42.5 Å². The SMILES string of the molecule is O=c1[nH]nc2cc(-c3ccc(CN4CCC[C@H]4CO)cc3)c3ccccc3n12. The number of hydrogen-bond donors (Lipinski definition) is 2. The van der Waals surface area contributed by atoms with E-state index in [1.54, 1.807) is 4.40 Å². The zero-order chi connectivity index (χ0) is 19.1. The lowest BCUT2D eigenvalue weighted by atomic mass is 9.99. The van der Waals surface area contributed by atoms with Crippen LogP contribution in [0, 0.1) is 0 Å². The number of aromatic nitrogens is 3. The highest BCUT2D eigenvalue weighted by Gasteiger charge is 2.23. The Hall–Kier alpha value is -2.96. The lowest BCUT2D eigenvalue weighted by Gasteiger charge is -2.22. The van der Waals surface area contributed by atoms with Crippen LogP contribution in [0.5, 0.6) is 0 Å². The molecule has 0 aliphatic carbocycles. The van der Waals surface area contributed by atoms with Gasteiger partial charge in [0.05, 0.1) is 12.1 Å².